The fourth-order valence-corrected chi connectivity index (χ4v) is 3.40. The number of carboxylic acids is 1. The second kappa shape index (κ2) is 5.97. The zero-order valence-corrected chi connectivity index (χ0v) is 11.3. The fourth-order valence-electron chi connectivity index (χ4n) is 1.99. The standard InChI is InChI=1S/C13H15NO4S/c1-2-18-13(17)14-10(12(15)16)8-19-11(14)9-6-4-3-5-7-9/h3-7,10-11H,2,8H2,1H3,(H,15,16)/t10-,11+/m0/s1. The molecule has 0 saturated carbocycles. The monoisotopic (exact) mass is 281 g/mol. The van der Waals surface area contributed by atoms with E-state index in [0.717, 1.165) is 5.56 Å². The Morgan fingerprint density at radius 1 is 1.42 bits per heavy atom. The van der Waals surface area contributed by atoms with Gasteiger partial charge in [0, 0.05) is 5.75 Å². The van der Waals surface area contributed by atoms with E-state index < -0.39 is 18.1 Å². The van der Waals surface area contributed by atoms with Crippen molar-refractivity contribution in [3.05, 3.63) is 35.9 Å². The molecule has 6 heteroatoms. The highest BCUT2D eigenvalue weighted by Crippen LogP contribution is 2.41. The molecule has 1 amide bonds. The first-order chi connectivity index (χ1) is 9.15. The van der Waals surface area contributed by atoms with Crippen LogP contribution in [-0.2, 0) is 9.53 Å². The summed E-state index contributed by atoms with van der Waals surface area (Å²) in [6, 6.07) is 8.55. The molecule has 102 valence electrons. The third-order valence-electron chi connectivity index (χ3n) is 2.85. The number of hydrogen-bond acceptors (Lipinski definition) is 4. The molecule has 0 aromatic heterocycles. The Hall–Kier alpha value is -1.69. The van der Waals surface area contributed by atoms with Gasteiger partial charge in [0.1, 0.15) is 11.4 Å². The van der Waals surface area contributed by atoms with Gasteiger partial charge < -0.3 is 9.84 Å². The second-order valence-electron chi connectivity index (χ2n) is 4.06. The Bertz CT molecular complexity index is 465. The molecule has 1 N–H and O–H groups in total. The third kappa shape index (κ3) is 2.84. The first-order valence-electron chi connectivity index (χ1n) is 5.99. The molecular weight excluding hydrogens is 266 g/mol. The summed E-state index contributed by atoms with van der Waals surface area (Å²) in [6.45, 7) is 1.93. The van der Waals surface area contributed by atoms with Crippen molar-refractivity contribution in [1.29, 1.82) is 0 Å². The number of hydrogen-bond donors (Lipinski definition) is 1. The first kappa shape index (κ1) is 13.7. The normalized spacial score (nSPS) is 22.3. The van der Waals surface area contributed by atoms with Crippen LogP contribution in [-0.4, -0.2) is 40.5 Å². The summed E-state index contributed by atoms with van der Waals surface area (Å²) in [5.74, 6) is -0.632. The minimum atomic E-state index is -1.00. The van der Waals surface area contributed by atoms with E-state index in [1.807, 2.05) is 30.3 Å². The molecule has 1 aromatic rings. The Labute approximate surface area is 115 Å². The minimum Gasteiger partial charge on any atom is -0.480 e. The lowest BCUT2D eigenvalue weighted by Gasteiger charge is -2.26. The first-order valence-corrected chi connectivity index (χ1v) is 7.04. The highest BCUT2D eigenvalue weighted by Gasteiger charge is 2.43. The van der Waals surface area contributed by atoms with Crippen molar-refractivity contribution < 1.29 is 19.4 Å². The molecule has 1 aliphatic rings. The Kier molecular flexibility index (Phi) is 4.31. The number of nitrogens with zero attached hydrogens (tertiary/aromatic N) is 1. The molecule has 0 radical (unpaired) electrons. The smallest absolute Gasteiger partial charge is 0.411 e. The van der Waals surface area contributed by atoms with Crippen molar-refractivity contribution in [3.8, 4) is 0 Å². The van der Waals surface area contributed by atoms with Crippen LogP contribution in [0, 0.1) is 0 Å². The molecule has 0 bridgehead atoms. The topological polar surface area (TPSA) is 66.8 Å². The average Bonchev–Trinajstić information content (AvgIpc) is 2.85. The number of rotatable bonds is 3. The largest absolute Gasteiger partial charge is 0.480 e. The van der Waals surface area contributed by atoms with Crippen LogP contribution in [0.4, 0.5) is 4.79 Å². The molecule has 1 aliphatic heterocycles. The van der Waals surface area contributed by atoms with E-state index in [-0.39, 0.29) is 12.0 Å². The predicted molar refractivity (Wildman–Crippen MR) is 71.9 cm³/mol. The lowest BCUT2D eigenvalue weighted by molar-refractivity contribution is -0.141. The number of benzene rings is 1. The van der Waals surface area contributed by atoms with Crippen LogP contribution in [0.15, 0.2) is 30.3 Å². The highest BCUT2D eigenvalue weighted by atomic mass is 32.2. The maximum absolute atomic E-state index is 12.0. The number of amides is 1. The van der Waals surface area contributed by atoms with E-state index in [9.17, 15) is 14.7 Å². The fraction of sp³-hybridized carbons (Fsp3) is 0.385. The summed E-state index contributed by atoms with van der Waals surface area (Å²) >= 11 is 1.44. The molecule has 0 spiro atoms. The molecule has 0 aliphatic carbocycles. The van der Waals surface area contributed by atoms with Gasteiger partial charge in [0.2, 0.25) is 0 Å². The molecule has 1 aromatic carbocycles. The van der Waals surface area contributed by atoms with Gasteiger partial charge >= 0.3 is 12.1 Å². The summed E-state index contributed by atoms with van der Waals surface area (Å²) in [6.07, 6.45) is -0.575. The number of carboxylic acid groups (broad SMARTS) is 1. The van der Waals surface area contributed by atoms with Crippen molar-refractivity contribution in [2.75, 3.05) is 12.4 Å². The van der Waals surface area contributed by atoms with Gasteiger partial charge in [0.15, 0.2) is 0 Å². The summed E-state index contributed by atoms with van der Waals surface area (Å²) in [7, 11) is 0. The van der Waals surface area contributed by atoms with Gasteiger partial charge in [-0.2, -0.15) is 0 Å². The van der Waals surface area contributed by atoms with Gasteiger partial charge in [-0.25, -0.2) is 9.59 Å². The van der Waals surface area contributed by atoms with Crippen molar-refractivity contribution in [2.24, 2.45) is 0 Å². The Morgan fingerprint density at radius 2 is 2.11 bits per heavy atom. The zero-order chi connectivity index (χ0) is 13.8. The van der Waals surface area contributed by atoms with Crippen LogP contribution in [0.1, 0.15) is 17.9 Å². The Balaban J connectivity index is 2.28. The van der Waals surface area contributed by atoms with Gasteiger partial charge in [-0.1, -0.05) is 30.3 Å². The third-order valence-corrected chi connectivity index (χ3v) is 4.17. The van der Waals surface area contributed by atoms with E-state index in [2.05, 4.69) is 0 Å². The van der Waals surface area contributed by atoms with Crippen LogP contribution < -0.4 is 0 Å². The quantitative estimate of drug-likeness (QED) is 0.921. The molecule has 1 fully saturated rings. The lowest BCUT2D eigenvalue weighted by Crippen LogP contribution is -2.43. The molecule has 0 unspecified atom stereocenters. The second-order valence-corrected chi connectivity index (χ2v) is 5.17. The maximum atomic E-state index is 12.0. The molecule has 5 nitrogen and oxygen atoms in total. The van der Waals surface area contributed by atoms with Crippen LogP contribution in [0.25, 0.3) is 0 Å². The lowest BCUT2D eigenvalue weighted by atomic mass is 10.2. The number of ether oxygens (including phenoxy) is 1. The van der Waals surface area contributed by atoms with Crippen LogP contribution in [0.5, 0.6) is 0 Å². The van der Waals surface area contributed by atoms with Gasteiger partial charge in [-0.3, -0.25) is 4.90 Å². The van der Waals surface area contributed by atoms with Crippen molar-refractivity contribution in [3.63, 3.8) is 0 Å². The van der Waals surface area contributed by atoms with Gasteiger partial charge in [-0.15, -0.1) is 11.8 Å². The molecular formula is C13H15NO4S. The van der Waals surface area contributed by atoms with Crippen molar-refractivity contribution in [2.45, 2.75) is 18.3 Å². The minimum absolute atomic E-state index is 0.230. The van der Waals surface area contributed by atoms with Crippen LogP contribution in [0.2, 0.25) is 0 Å². The number of carbonyl (C=O) groups excluding carboxylic acids is 1. The van der Waals surface area contributed by atoms with Gasteiger partial charge in [-0.05, 0) is 12.5 Å². The van der Waals surface area contributed by atoms with Crippen LogP contribution >= 0.6 is 11.8 Å². The number of aliphatic carboxylic acids is 1. The van der Waals surface area contributed by atoms with E-state index in [4.69, 9.17) is 4.74 Å². The summed E-state index contributed by atoms with van der Waals surface area (Å²) in [5.41, 5.74) is 0.907. The SMILES string of the molecule is CCOC(=O)N1[C@@H](c2ccccc2)SC[C@H]1C(=O)O. The van der Waals surface area contributed by atoms with E-state index in [0.29, 0.717) is 5.75 Å². The average molecular weight is 281 g/mol. The predicted octanol–water partition coefficient (Wildman–Crippen LogP) is 2.34. The van der Waals surface area contributed by atoms with Crippen molar-refractivity contribution in [1.82, 2.24) is 4.90 Å². The molecule has 1 saturated heterocycles. The maximum Gasteiger partial charge on any atom is 0.411 e. The summed E-state index contributed by atoms with van der Waals surface area (Å²) in [5, 5.41) is 8.90. The highest BCUT2D eigenvalue weighted by molar-refractivity contribution is 7.99. The van der Waals surface area contributed by atoms with Gasteiger partial charge in [0.05, 0.1) is 6.61 Å². The van der Waals surface area contributed by atoms with Crippen LogP contribution in [0.3, 0.4) is 0 Å². The molecule has 1 heterocycles. The number of carbonyl (C=O) groups is 2. The molecule has 2 atom stereocenters. The van der Waals surface area contributed by atoms with E-state index >= 15 is 0 Å². The molecule has 2 rings (SSSR count). The van der Waals surface area contributed by atoms with Gasteiger partial charge in [0.25, 0.3) is 0 Å². The van der Waals surface area contributed by atoms with E-state index in [1.54, 1.807) is 6.92 Å². The van der Waals surface area contributed by atoms with E-state index in [1.165, 1.54) is 16.7 Å². The summed E-state index contributed by atoms with van der Waals surface area (Å²) in [4.78, 5) is 24.5. The Morgan fingerprint density at radius 3 is 2.68 bits per heavy atom. The van der Waals surface area contributed by atoms with Crippen molar-refractivity contribution >= 4 is 23.8 Å². The number of thioether (sulfide) groups is 1. The summed E-state index contributed by atoms with van der Waals surface area (Å²) < 4.78 is 4.97. The molecule has 19 heavy (non-hydrogen) atoms. The zero-order valence-electron chi connectivity index (χ0n) is 10.5.